The number of amides is 1. The van der Waals surface area contributed by atoms with Crippen molar-refractivity contribution in [1.82, 2.24) is 4.98 Å². The minimum Gasteiger partial charge on any atom is -0.316 e. The Bertz CT molecular complexity index is 688. The fourth-order valence-electron chi connectivity index (χ4n) is 1.63. The van der Waals surface area contributed by atoms with Crippen molar-refractivity contribution in [3.63, 3.8) is 0 Å². The van der Waals surface area contributed by atoms with E-state index >= 15 is 0 Å². The van der Waals surface area contributed by atoms with Crippen LogP contribution in [0.4, 0.5) is 11.4 Å². The van der Waals surface area contributed by atoms with Crippen molar-refractivity contribution in [2.75, 3.05) is 5.32 Å². The number of hydrogen-bond donors (Lipinski definition) is 1. The fourth-order valence-corrected chi connectivity index (χ4v) is 1.82. The van der Waals surface area contributed by atoms with Crippen LogP contribution >= 0.6 is 11.6 Å². The number of halogens is 1. The molecule has 0 fully saturated rings. The van der Waals surface area contributed by atoms with Crippen molar-refractivity contribution in [2.24, 2.45) is 0 Å². The van der Waals surface area contributed by atoms with Gasteiger partial charge in [-0.15, -0.1) is 0 Å². The Balaban J connectivity index is 2.33. The molecule has 0 atom stereocenters. The summed E-state index contributed by atoms with van der Waals surface area (Å²) in [5.74, 6) is -0.546. The van der Waals surface area contributed by atoms with Crippen molar-refractivity contribution in [2.45, 2.75) is 6.92 Å². The highest BCUT2D eigenvalue weighted by atomic mass is 35.5. The zero-order chi connectivity index (χ0) is 14.7. The number of carbonyl (C=O) groups is 1. The van der Waals surface area contributed by atoms with Crippen molar-refractivity contribution in [3.05, 3.63) is 62.9 Å². The maximum atomic E-state index is 12.0. The van der Waals surface area contributed by atoms with Crippen LogP contribution in [0.15, 0.2) is 36.7 Å². The van der Waals surface area contributed by atoms with Gasteiger partial charge < -0.3 is 5.32 Å². The third-order valence-electron chi connectivity index (χ3n) is 2.61. The zero-order valence-electron chi connectivity index (χ0n) is 10.5. The normalized spacial score (nSPS) is 10.1. The quantitative estimate of drug-likeness (QED) is 0.695. The van der Waals surface area contributed by atoms with Gasteiger partial charge in [-0.2, -0.15) is 0 Å². The van der Waals surface area contributed by atoms with Crippen LogP contribution in [0.3, 0.4) is 0 Å². The van der Waals surface area contributed by atoms with Gasteiger partial charge in [0, 0.05) is 18.5 Å². The Hall–Kier alpha value is -2.47. The van der Waals surface area contributed by atoms with Crippen LogP contribution < -0.4 is 5.32 Å². The van der Waals surface area contributed by atoms with E-state index in [0.717, 1.165) is 5.56 Å². The summed E-state index contributed by atoms with van der Waals surface area (Å²) in [6.07, 6.45) is 2.76. The van der Waals surface area contributed by atoms with Gasteiger partial charge in [0.2, 0.25) is 0 Å². The molecule has 0 aliphatic carbocycles. The monoisotopic (exact) mass is 291 g/mol. The molecule has 1 aromatic heterocycles. The van der Waals surface area contributed by atoms with Crippen molar-refractivity contribution in [1.29, 1.82) is 0 Å². The molecule has 0 bridgehead atoms. The molecule has 2 rings (SSSR count). The number of nitro benzene ring substituents is 1. The number of carbonyl (C=O) groups excluding carboxylic acids is 1. The lowest BCUT2D eigenvalue weighted by Crippen LogP contribution is -2.14. The number of nitrogens with one attached hydrogen (secondary N) is 1. The highest BCUT2D eigenvalue weighted by Crippen LogP contribution is 2.26. The summed E-state index contributed by atoms with van der Waals surface area (Å²) in [5.41, 5.74) is 0.835. The molecule has 1 amide bonds. The number of hydrogen-bond acceptors (Lipinski definition) is 4. The third kappa shape index (κ3) is 2.92. The van der Waals surface area contributed by atoms with E-state index in [1.54, 1.807) is 13.0 Å². The highest BCUT2D eigenvalue weighted by Gasteiger charge is 2.18. The van der Waals surface area contributed by atoms with E-state index in [0.29, 0.717) is 0 Å². The summed E-state index contributed by atoms with van der Waals surface area (Å²) in [7, 11) is 0. The van der Waals surface area contributed by atoms with Crippen molar-refractivity contribution in [3.8, 4) is 0 Å². The molecule has 1 heterocycles. The van der Waals surface area contributed by atoms with Crippen molar-refractivity contribution < 1.29 is 9.72 Å². The summed E-state index contributed by atoms with van der Waals surface area (Å²) in [6, 6.07) is 6.02. The molecule has 0 aliphatic heterocycles. The van der Waals surface area contributed by atoms with Crippen molar-refractivity contribution >= 4 is 28.9 Å². The van der Waals surface area contributed by atoms with Gasteiger partial charge in [0.25, 0.3) is 11.6 Å². The molecule has 1 N–H and O–H groups in total. The predicted octanol–water partition coefficient (Wildman–Crippen LogP) is 3.20. The van der Waals surface area contributed by atoms with Gasteiger partial charge in [0.1, 0.15) is 5.69 Å². The van der Waals surface area contributed by atoms with Crippen LogP contribution in [-0.2, 0) is 0 Å². The smallest absolute Gasteiger partial charge is 0.293 e. The zero-order valence-corrected chi connectivity index (χ0v) is 11.2. The summed E-state index contributed by atoms with van der Waals surface area (Å²) >= 11 is 5.88. The SMILES string of the molecule is Cc1ccc(NC(=O)c2cnccc2Cl)c([N+](=O)[O-])c1. The number of benzene rings is 1. The van der Waals surface area contributed by atoms with Gasteiger partial charge in [0.05, 0.1) is 15.5 Å². The van der Waals surface area contributed by atoms with E-state index in [2.05, 4.69) is 10.3 Å². The molecule has 0 aliphatic rings. The molecular weight excluding hydrogens is 282 g/mol. The first-order valence-corrected chi connectivity index (χ1v) is 6.02. The molecule has 0 saturated heterocycles. The molecule has 0 spiro atoms. The minimum atomic E-state index is -0.548. The van der Waals surface area contributed by atoms with Crippen LogP contribution in [0.2, 0.25) is 5.02 Å². The third-order valence-corrected chi connectivity index (χ3v) is 2.94. The molecule has 1 aromatic carbocycles. The van der Waals surface area contributed by atoms with E-state index in [4.69, 9.17) is 11.6 Å². The Morgan fingerprint density at radius 3 is 2.80 bits per heavy atom. The molecule has 20 heavy (non-hydrogen) atoms. The number of rotatable bonds is 3. The molecule has 0 unspecified atom stereocenters. The van der Waals surface area contributed by atoms with Crippen LogP contribution in [0, 0.1) is 17.0 Å². The second-order valence-electron chi connectivity index (χ2n) is 4.09. The standard InChI is InChI=1S/C13H10ClN3O3/c1-8-2-3-11(12(6-8)17(19)20)16-13(18)9-7-15-5-4-10(9)14/h2-7H,1H3,(H,16,18). The number of pyridine rings is 1. The summed E-state index contributed by atoms with van der Waals surface area (Å²) < 4.78 is 0. The first-order chi connectivity index (χ1) is 9.49. The maximum Gasteiger partial charge on any atom is 0.293 e. The number of aromatic nitrogens is 1. The van der Waals surface area contributed by atoms with Crippen LogP contribution in [0.5, 0.6) is 0 Å². The lowest BCUT2D eigenvalue weighted by molar-refractivity contribution is -0.384. The summed E-state index contributed by atoms with van der Waals surface area (Å²) in [4.78, 5) is 26.3. The molecular formula is C13H10ClN3O3. The van der Waals surface area contributed by atoms with E-state index in [-0.39, 0.29) is 22.0 Å². The molecule has 0 radical (unpaired) electrons. The van der Waals surface area contributed by atoms with Gasteiger partial charge in [-0.05, 0) is 24.6 Å². The number of aryl methyl sites for hydroxylation is 1. The molecule has 7 heteroatoms. The van der Waals surface area contributed by atoms with E-state index < -0.39 is 10.8 Å². The average Bonchev–Trinajstić information content (AvgIpc) is 2.41. The summed E-state index contributed by atoms with van der Waals surface area (Å²) in [5, 5.41) is 13.7. The lowest BCUT2D eigenvalue weighted by Gasteiger charge is -2.07. The van der Waals surface area contributed by atoms with E-state index in [1.165, 1.54) is 30.6 Å². The maximum absolute atomic E-state index is 12.0. The van der Waals surface area contributed by atoms with E-state index in [1.807, 2.05) is 0 Å². The Morgan fingerprint density at radius 1 is 1.40 bits per heavy atom. The first kappa shape index (κ1) is 14.0. The molecule has 0 saturated carbocycles. The van der Waals surface area contributed by atoms with Crippen LogP contribution in [0.1, 0.15) is 15.9 Å². The largest absolute Gasteiger partial charge is 0.316 e. The Kier molecular flexibility index (Phi) is 3.95. The van der Waals surface area contributed by atoms with Gasteiger partial charge in [-0.25, -0.2) is 0 Å². The minimum absolute atomic E-state index is 0.116. The molecule has 102 valence electrons. The topological polar surface area (TPSA) is 85.1 Å². The van der Waals surface area contributed by atoms with Gasteiger partial charge >= 0.3 is 0 Å². The Morgan fingerprint density at radius 2 is 2.15 bits per heavy atom. The first-order valence-electron chi connectivity index (χ1n) is 5.65. The molecule has 2 aromatic rings. The molecule has 6 nitrogen and oxygen atoms in total. The lowest BCUT2D eigenvalue weighted by atomic mass is 10.2. The van der Waals surface area contributed by atoms with Gasteiger partial charge in [0.15, 0.2) is 0 Å². The van der Waals surface area contributed by atoms with E-state index in [9.17, 15) is 14.9 Å². The number of nitro groups is 1. The number of anilines is 1. The highest BCUT2D eigenvalue weighted by molar-refractivity contribution is 6.34. The predicted molar refractivity (Wildman–Crippen MR) is 75.0 cm³/mol. The average molecular weight is 292 g/mol. The summed E-state index contributed by atoms with van der Waals surface area (Å²) in [6.45, 7) is 1.73. The second kappa shape index (κ2) is 5.66. The fraction of sp³-hybridized carbons (Fsp3) is 0.0769. The number of nitrogens with zero attached hydrogens (tertiary/aromatic N) is 2. The van der Waals surface area contributed by atoms with Crippen LogP contribution in [-0.4, -0.2) is 15.8 Å². The Labute approximate surface area is 119 Å². The van der Waals surface area contributed by atoms with Gasteiger partial charge in [-0.3, -0.25) is 19.9 Å². The second-order valence-corrected chi connectivity index (χ2v) is 4.49. The van der Waals surface area contributed by atoms with Crippen LogP contribution in [0.25, 0.3) is 0 Å². The van der Waals surface area contributed by atoms with Gasteiger partial charge in [-0.1, -0.05) is 17.7 Å².